The molecule has 7 heteroatoms. The molecule has 0 spiro atoms. The van der Waals surface area contributed by atoms with E-state index in [-0.39, 0.29) is 4.90 Å². The summed E-state index contributed by atoms with van der Waals surface area (Å²) in [6, 6.07) is 5.92. The second-order valence-corrected chi connectivity index (χ2v) is 5.30. The maximum absolute atomic E-state index is 11.8. The second kappa shape index (κ2) is 7.10. The fourth-order valence-corrected chi connectivity index (χ4v) is 2.38. The van der Waals surface area contributed by atoms with Gasteiger partial charge in [0.1, 0.15) is 0 Å². The zero-order valence-electron chi connectivity index (χ0n) is 10.0. The van der Waals surface area contributed by atoms with Crippen LogP contribution in [0, 0.1) is 0 Å². The van der Waals surface area contributed by atoms with Gasteiger partial charge in [0.2, 0.25) is 16.4 Å². The molecule has 6 nitrogen and oxygen atoms in total. The molecule has 0 aliphatic rings. The Balaban J connectivity index is 2.63. The van der Waals surface area contributed by atoms with Crippen molar-refractivity contribution in [3.05, 3.63) is 24.3 Å². The zero-order chi connectivity index (χ0) is 13.4. The van der Waals surface area contributed by atoms with Crippen LogP contribution in [0.25, 0.3) is 0 Å². The summed E-state index contributed by atoms with van der Waals surface area (Å²) in [5.41, 5.74) is 0.545. The SMILES string of the molecule is COCCCNS(=O)(=O)c1ccc(NC=O)cc1. The third-order valence-electron chi connectivity index (χ3n) is 2.21. The lowest BCUT2D eigenvalue weighted by atomic mass is 10.3. The molecule has 0 aromatic heterocycles. The molecule has 0 saturated carbocycles. The van der Waals surface area contributed by atoms with Gasteiger partial charge in [-0.25, -0.2) is 13.1 Å². The summed E-state index contributed by atoms with van der Waals surface area (Å²) >= 11 is 0. The van der Waals surface area contributed by atoms with Crippen molar-refractivity contribution in [2.24, 2.45) is 0 Å². The van der Waals surface area contributed by atoms with Crippen molar-refractivity contribution in [2.75, 3.05) is 25.6 Å². The van der Waals surface area contributed by atoms with Crippen molar-refractivity contribution >= 4 is 22.1 Å². The van der Waals surface area contributed by atoms with E-state index in [4.69, 9.17) is 4.74 Å². The van der Waals surface area contributed by atoms with Gasteiger partial charge >= 0.3 is 0 Å². The number of rotatable bonds is 8. The van der Waals surface area contributed by atoms with E-state index in [2.05, 4.69) is 10.0 Å². The van der Waals surface area contributed by atoms with Gasteiger partial charge in [0.05, 0.1) is 4.90 Å². The summed E-state index contributed by atoms with van der Waals surface area (Å²) < 4.78 is 30.9. The maximum atomic E-state index is 11.8. The van der Waals surface area contributed by atoms with Crippen LogP contribution in [0.3, 0.4) is 0 Å². The molecular weight excluding hydrogens is 256 g/mol. The molecule has 0 fully saturated rings. The zero-order valence-corrected chi connectivity index (χ0v) is 10.9. The number of carbonyl (C=O) groups is 1. The third-order valence-corrected chi connectivity index (χ3v) is 3.68. The summed E-state index contributed by atoms with van der Waals surface area (Å²) in [7, 11) is -1.93. The number of carbonyl (C=O) groups excluding carboxylic acids is 1. The van der Waals surface area contributed by atoms with Crippen LogP contribution in [0.5, 0.6) is 0 Å². The first kappa shape index (κ1) is 14.6. The molecule has 0 aliphatic carbocycles. The van der Waals surface area contributed by atoms with Gasteiger partial charge in [-0.15, -0.1) is 0 Å². The lowest BCUT2D eigenvalue weighted by Crippen LogP contribution is -2.25. The topological polar surface area (TPSA) is 84.5 Å². The highest BCUT2D eigenvalue weighted by molar-refractivity contribution is 7.89. The molecule has 2 N–H and O–H groups in total. The van der Waals surface area contributed by atoms with E-state index in [0.29, 0.717) is 31.7 Å². The van der Waals surface area contributed by atoms with Crippen LogP contribution >= 0.6 is 0 Å². The number of hydrogen-bond donors (Lipinski definition) is 2. The highest BCUT2D eigenvalue weighted by Crippen LogP contribution is 2.13. The van der Waals surface area contributed by atoms with Crippen LogP contribution in [0.2, 0.25) is 0 Å². The number of methoxy groups -OCH3 is 1. The Bertz CT molecular complexity index is 470. The van der Waals surface area contributed by atoms with Crippen molar-refractivity contribution in [1.29, 1.82) is 0 Å². The Kier molecular flexibility index (Phi) is 5.76. The number of hydrogen-bond acceptors (Lipinski definition) is 4. The number of nitrogens with one attached hydrogen (secondary N) is 2. The predicted molar refractivity (Wildman–Crippen MR) is 67.8 cm³/mol. The van der Waals surface area contributed by atoms with Gasteiger partial charge in [-0.1, -0.05) is 0 Å². The van der Waals surface area contributed by atoms with E-state index >= 15 is 0 Å². The van der Waals surface area contributed by atoms with E-state index in [1.165, 1.54) is 24.3 Å². The Hall–Kier alpha value is -1.44. The molecule has 1 aromatic carbocycles. The normalized spacial score (nSPS) is 11.2. The van der Waals surface area contributed by atoms with Crippen molar-refractivity contribution in [1.82, 2.24) is 4.72 Å². The van der Waals surface area contributed by atoms with Gasteiger partial charge in [0.25, 0.3) is 0 Å². The summed E-state index contributed by atoms with van der Waals surface area (Å²) in [6.07, 6.45) is 1.15. The predicted octanol–water partition coefficient (Wildman–Crippen LogP) is 0.570. The van der Waals surface area contributed by atoms with E-state index < -0.39 is 10.0 Å². The average molecular weight is 272 g/mol. The van der Waals surface area contributed by atoms with Gasteiger partial charge in [-0.3, -0.25) is 4.79 Å². The molecule has 0 unspecified atom stereocenters. The van der Waals surface area contributed by atoms with Crippen LogP contribution in [0.15, 0.2) is 29.2 Å². The van der Waals surface area contributed by atoms with E-state index in [1.807, 2.05) is 0 Å². The van der Waals surface area contributed by atoms with Crippen LogP contribution in [-0.2, 0) is 19.6 Å². The molecule has 100 valence electrons. The van der Waals surface area contributed by atoms with E-state index in [1.54, 1.807) is 7.11 Å². The Morgan fingerprint density at radius 1 is 1.28 bits per heavy atom. The summed E-state index contributed by atoms with van der Waals surface area (Å²) in [6.45, 7) is 0.829. The highest BCUT2D eigenvalue weighted by Gasteiger charge is 2.12. The molecule has 0 bridgehead atoms. The van der Waals surface area contributed by atoms with Gasteiger partial charge < -0.3 is 10.1 Å². The standard InChI is InChI=1S/C11H16N2O4S/c1-17-8-2-7-13-18(15,16)11-5-3-10(4-6-11)12-9-14/h3-6,9,13H,2,7-8H2,1H3,(H,12,14). The first-order valence-electron chi connectivity index (χ1n) is 5.39. The molecule has 0 atom stereocenters. The summed E-state index contributed by atoms with van der Waals surface area (Å²) in [4.78, 5) is 10.4. The fourth-order valence-electron chi connectivity index (χ4n) is 1.30. The Morgan fingerprint density at radius 3 is 2.50 bits per heavy atom. The molecule has 1 amide bonds. The highest BCUT2D eigenvalue weighted by atomic mass is 32.2. The van der Waals surface area contributed by atoms with Crippen molar-refractivity contribution in [3.8, 4) is 0 Å². The quantitative estimate of drug-likeness (QED) is 0.535. The Morgan fingerprint density at radius 2 is 1.94 bits per heavy atom. The average Bonchev–Trinajstić information content (AvgIpc) is 2.36. The molecule has 0 aliphatic heterocycles. The van der Waals surface area contributed by atoms with Crippen molar-refractivity contribution in [3.63, 3.8) is 0 Å². The van der Waals surface area contributed by atoms with Gasteiger partial charge in [0.15, 0.2) is 0 Å². The largest absolute Gasteiger partial charge is 0.385 e. The van der Waals surface area contributed by atoms with Crippen LogP contribution in [0.1, 0.15) is 6.42 Å². The molecule has 0 radical (unpaired) electrons. The number of ether oxygens (including phenoxy) is 1. The molecule has 1 aromatic rings. The van der Waals surface area contributed by atoms with Crippen LogP contribution < -0.4 is 10.0 Å². The lowest BCUT2D eigenvalue weighted by Gasteiger charge is -2.07. The van der Waals surface area contributed by atoms with Crippen molar-refractivity contribution < 1.29 is 17.9 Å². The monoisotopic (exact) mass is 272 g/mol. The molecule has 0 heterocycles. The van der Waals surface area contributed by atoms with E-state index in [9.17, 15) is 13.2 Å². The number of benzene rings is 1. The minimum atomic E-state index is -3.49. The van der Waals surface area contributed by atoms with Gasteiger partial charge in [0, 0.05) is 25.9 Å². The smallest absolute Gasteiger partial charge is 0.240 e. The minimum Gasteiger partial charge on any atom is -0.385 e. The number of amides is 1. The fraction of sp³-hybridized carbons (Fsp3) is 0.364. The van der Waals surface area contributed by atoms with Gasteiger partial charge in [-0.2, -0.15) is 0 Å². The lowest BCUT2D eigenvalue weighted by molar-refractivity contribution is -0.105. The maximum Gasteiger partial charge on any atom is 0.240 e. The minimum absolute atomic E-state index is 0.163. The first-order valence-corrected chi connectivity index (χ1v) is 6.87. The molecule has 18 heavy (non-hydrogen) atoms. The summed E-state index contributed by atoms with van der Waals surface area (Å²) in [5.74, 6) is 0. The van der Waals surface area contributed by atoms with Gasteiger partial charge in [-0.05, 0) is 30.7 Å². The Labute approximate surface area is 106 Å². The first-order chi connectivity index (χ1) is 8.60. The van der Waals surface area contributed by atoms with Crippen LogP contribution in [0.4, 0.5) is 5.69 Å². The summed E-state index contributed by atoms with van der Waals surface area (Å²) in [5, 5.41) is 2.43. The van der Waals surface area contributed by atoms with Crippen LogP contribution in [-0.4, -0.2) is 35.1 Å². The van der Waals surface area contributed by atoms with Crippen molar-refractivity contribution in [2.45, 2.75) is 11.3 Å². The third kappa shape index (κ3) is 4.44. The molecule has 1 rings (SSSR count). The molecule has 0 saturated heterocycles. The number of sulfonamides is 1. The second-order valence-electron chi connectivity index (χ2n) is 3.53. The number of anilines is 1. The van der Waals surface area contributed by atoms with E-state index in [0.717, 1.165) is 0 Å². The molecular formula is C11H16N2O4S.